The molecule has 0 bridgehead atoms. The van der Waals surface area contributed by atoms with Gasteiger partial charge < -0.3 is 35.1 Å². The van der Waals surface area contributed by atoms with Gasteiger partial charge in [0.25, 0.3) is 0 Å². The van der Waals surface area contributed by atoms with Crippen LogP contribution in [0.1, 0.15) is 58.9 Å². The molecule has 1 amide bonds. The third-order valence-electron chi connectivity index (χ3n) is 8.81. The Morgan fingerprint density at radius 1 is 1.15 bits per heavy atom. The highest BCUT2D eigenvalue weighted by Crippen LogP contribution is 2.56. The topological polar surface area (TPSA) is 112 Å². The fourth-order valence-corrected chi connectivity index (χ4v) is 5.77. The second-order valence-electron chi connectivity index (χ2n) is 12.4. The number of rotatable bonds is 18. The number of ether oxygens (including phenoxy) is 4. The summed E-state index contributed by atoms with van der Waals surface area (Å²) in [4.78, 5) is 13.1. The van der Waals surface area contributed by atoms with E-state index in [0.29, 0.717) is 50.2 Å². The van der Waals surface area contributed by atoms with Crippen LogP contribution < -0.4 is 20.5 Å². The number of hydrogen-bond acceptors (Lipinski definition) is 7. The maximum Gasteiger partial charge on any atom is 0.223 e. The van der Waals surface area contributed by atoms with Crippen molar-refractivity contribution in [3.05, 3.63) is 23.8 Å². The van der Waals surface area contributed by atoms with Gasteiger partial charge in [0.1, 0.15) is 0 Å². The fraction of sp³-hybridized carbons (Fsp3) is 0.774. The largest absolute Gasteiger partial charge is 0.493 e. The average molecular weight is 549 g/mol. The van der Waals surface area contributed by atoms with E-state index in [4.69, 9.17) is 24.7 Å². The molecule has 4 N–H and O–H groups in total. The molecule has 39 heavy (non-hydrogen) atoms. The van der Waals surface area contributed by atoms with Crippen LogP contribution >= 0.6 is 0 Å². The molecule has 0 aromatic heterocycles. The smallest absolute Gasteiger partial charge is 0.223 e. The molecule has 222 valence electrons. The first kappa shape index (κ1) is 31.7. The molecule has 8 heteroatoms. The maximum absolute atomic E-state index is 13.1. The number of carbonyl (C=O) groups is 1. The van der Waals surface area contributed by atoms with Gasteiger partial charge in [-0.05, 0) is 67.1 Å². The van der Waals surface area contributed by atoms with E-state index in [9.17, 15) is 9.90 Å². The lowest BCUT2D eigenvalue weighted by Crippen LogP contribution is -2.43. The Morgan fingerprint density at radius 3 is 2.51 bits per heavy atom. The van der Waals surface area contributed by atoms with Gasteiger partial charge in [-0.3, -0.25) is 4.79 Å². The Kier molecular flexibility index (Phi) is 11.9. The monoisotopic (exact) mass is 548 g/mol. The van der Waals surface area contributed by atoms with E-state index >= 15 is 0 Å². The van der Waals surface area contributed by atoms with Gasteiger partial charge >= 0.3 is 0 Å². The molecule has 1 saturated heterocycles. The lowest BCUT2D eigenvalue weighted by Gasteiger charge is -2.30. The highest BCUT2D eigenvalue weighted by Gasteiger charge is 2.58. The summed E-state index contributed by atoms with van der Waals surface area (Å²) in [5.74, 6) is 2.51. The molecule has 2 fully saturated rings. The van der Waals surface area contributed by atoms with E-state index in [-0.39, 0.29) is 29.1 Å². The van der Waals surface area contributed by atoms with E-state index in [0.717, 1.165) is 43.8 Å². The van der Waals surface area contributed by atoms with Crippen molar-refractivity contribution >= 4 is 5.91 Å². The number of aliphatic hydroxyl groups excluding tert-OH is 1. The second-order valence-corrected chi connectivity index (χ2v) is 12.4. The number of carbonyl (C=O) groups excluding carboxylic acids is 1. The van der Waals surface area contributed by atoms with Crippen molar-refractivity contribution < 1.29 is 28.8 Å². The lowest BCUT2D eigenvalue weighted by molar-refractivity contribution is -0.128. The summed E-state index contributed by atoms with van der Waals surface area (Å²) >= 11 is 0. The van der Waals surface area contributed by atoms with Crippen LogP contribution in [0.2, 0.25) is 0 Å². The first-order valence-electron chi connectivity index (χ1n) is 14.7. The minimum Gasteiger partial charge on any atom is -0.493 e. The Balaban J connectivity index is 1.56. The third-order valence-corrected chi connectivity index (χ3v) is 8.81. The number of amides is 1. The summed E-state index contributed by atoms with van der Waals surface area (Å²) in [6.07, 6.45) is 3.04. The molecule has 1 aromatic rings. The predicted octanol–water partition coefficient (Wildman–Crippen LogP) is 3.82. The first-order chi connectivity index (χ1) is 18.6. The third kappa shape index (κ3) is 8.81. The number of nitrogens with one attached hydrogen (secondary N) is 1. The van der Waals surface area contributed by atoms with Crippen LogP contribution in [0.25, 0.3) is 0 Å². The maximum atomic E-state index is 13.1. The zero-order valence-electron chi connectivity index (χ0n) is 24.9. The standard InChI is InChI=1S/C31H52N2O6/c1-20(2)23(12-22-8-9-28(37-6)29(13-22)39-11-7-10-36-5)14-26(32)27(34)15-25(21(3)4)30(35)33-18-31-16-24(31)17-38-19-31/h8-9,13,20-21,23-27,34H,7,10-12,14-19,32H2,1-6H3,(H,33,35)/t23-,24?,25-,26-,27-,31?/m0/s1. The lowest BCUT2D eigenvalue weighted by atomic mass is 9.80. The summed E-state index contributed by atoms with van der Waals surface area (Å²) in [5.41, 5.74) is 7.86. The highest BCUT2D eigenvalue weighted by molar-refractivity contribution is 5.79. The first-order valence-corrected chi connectivity index (χ1v) is 14.7. The van der Waals surface area contributed by atoms with Gasteiger partial charge in [-0.25, -0.2) is 0 Å². The van der Waals surface area contributed by atoms with Crippen LogP contribution in [-0.4, -0.2) is 70.4 Å². The minimum absolute atomic E-state index is 0.0137. The summed E-state index contributed by atoms with van der Waals surface area (Å²) in [6.45, 7) is 11.9. The SMILES string of the molecule is COCCCOc1cc(C[C@@H](C[C@H](N)[C@@H](O)C[C@H](C(=O)NCC23COCC2C3)C(C)C)C(C)C)ccc1OC. The molecule has 8 nitrogen and oxygen atoms in total. The van der Waals surface area contributed by atoms with Gasteiger partial charge in [-0.15, -0.1) is 0 Å². The summed E-state index contributed by atoms with van der Waals surface area (Å²) in [7, 11) is 3.33. The molecule has 1 aromatic carbocycles. The second kappa shape index (κ2) is 14.7. The van der Waals surface area contributed by atoms with E-state index in [1.165, 1.54) is 0 Å². The van der Waals surface area contributed by atoms with Crippen LogP contribution in [-0.2, 0) is 20.7 Å². The quantitative estimate of drug-likeness (QED) is 0.239. The zero-order valence-corrected chi connectivity index (χ0v) is 24.9. The molecule has 0 spiro atoms. The Bertz CT molecular complexity index is 909. The van der Waals surface area contributed by atoms with Crippen molar-refractivity contribution in [2.45, 2.75) is 71.9 Å². The van der Waals surface area contributed by atoms with E-state index < -0.39 is 12.1 Å². The summed E-state index contributed by atoms with van der Waals surface area (Å²) < 4.78 is 22.1. The molecule has 6 atom stereocenters. The van der Waals surface area contributed by atoms with Gasteiger partial charge in [-0.1, -0.05) is 33.8 Å². The van der Waals surface area contributed by atoms with E-state index in [2.05, 4.69) is 25.2 Å². The van der Waals surface area contributed by atoms with Crippen molar-refractivity contribution in [2.24, 2.45) is 40.7 Å². The zero-order chi connectivity index (χ0) is 28.6. The Morgan fingerprint density at radius 2 is 1.92 bits per heavy atom. The van der Waals surface area contributed by atoms with Crippen LogP contribution in [0.15, 0.2) is 18.2 Å². The number of benzene rings is 1. The van der Waals surface area contributed by atoms with E-state index in [1.807, 2.05) is 26.0 Å². The number of nitrogens with two attached hydrogens (primary N) is 1. The molecular formula is C31H52N2O6. The molecule has 2 aliphatic rings. The van der Waals surface area contributed by atoms with Crippen LogP contribution in [0, 0.1) is 35.0 Å². The highest BCUT2D eigenvalue weighted by atomic mass is 16.5. The fourth-order valence-electron chi connectivity index (χ4n) is 5.77. The molecule has 3 rings (SSSR count). The molecular weight excluding hydrogens is 496 g/mol. The molecule has 1 heterocycles. The molecule has 0 radical (unpaired) electrons. The van der Waals surface area contributed by atoms with Crippen molar-refractivity contribution in [2.75, 3.05) is 47.2 Å². The molecule has 1 saturated carbocycles. The normalized spacial score (nSPS) is 23.3. The van der Waals surface area contributed by atoms with Crippen molar-refractivity contribution in [1.82, 2.24) is 5.32 Å². The number of methoxy groups -OCH3 is 2. The summed E-state index contributed by atoms with van der Waals surface area (Å²) in [6, 6.07) is 5.64. The Labute approximate surface area is 235 Å². The van der Waals surface area contributed by atoms with Gasteiger partial charge in [0, 0.05) is 44.1 Å². The average Bonchev–Trinajstić information content (AvgIpc) is 3.45. The molecule has 2 unspecified atom stereocenters. The number of aliphatic hydroxyl groups is 1. The van der Waals surface area contributed by atoms with Crippen LogP contribution in [0.5, 0.6) is 11.5 Å². The summed E-state index contributed by atoms with van der Waals surface area (Å²) in [5, 5.41) is 14.3. The van der Waals surface area contributed by atoms with E-state index in [1.54, 1.807) is 14.2 Å². The van der Waals surface area contributed by atoms with Gasteiger partial charge in [0.2, 0.25) is 5.91 Å². The minimum atomic E-state index is -0.749. The van der Waals surface area contributed by atoms with Crippen LogP contribution in [0.3, 0.4) is 0 Å². The Hall–Kier alpha value is -1.87. The van der Waals surface area contributed by atoms with Crippen LogP contribution in [0.4, 0.5) is 0 Å². The van der Waals surface area contributed by atoms with Gasteiger partial charge in [0.05, 0.1) is 33.0 Å². The van der Waals surface area contributed by atoms with Crippen molar-refractivity contribution in [1.29, 1.82) is 0 Å². The number of fused-ring (bicyclic) bond motifs is 1. The van der Waals surface area contributed by atoms with Gasteiger partial charge in [0.15, 0.2) is 11.5 Å². The van der Waals surface area contributed by atoms with Crippen molar-refractivity contribution in [3.63, 3.8) is 0 Å². The predicted molar refractivity (Wildman–Crippen MR) is 153 cm³/mol. The molecule has 1 aliphatic carbocycles. The number of hydrogen-bond donors (Lipinski definition) is 3. The van der Waals surface area contributed by atoms with Gasteiger partial charge in [-0.2, -0.15) is 0 Å². The van der Waals surface area contributed by atoms with Crippen molar-refractivity contribution in [3.8, 4) is 11.5 Å². The molecule has 1 aliphatic heterocycles.